The van der Waals surface area contributed by atoms with E-state index in [1.54, 1.807) is 0 Å². The average molecular weight is 283 g/mol. The van der Waals surface area contributed by atoms with Crippen LogP contribution in [0.5, 0.6) is 0 Å². The largest absolute Gasteiger partial charge is 0.379 e. The number of benzene rings is 1. The molecule has 1 fully saturated rings. The highest BCUT2D eigenvalue weighted by Gasteiger charge is 2.14. The number of hydrogen-bond acceptors (Lipinski definition) is 4. The lowest BCUT2D eigenvalue weighted by Gasteiger charge is -2.30. The summed E-state index contributed by atoms with van der Waals surface area (Å²) in [4.78, 5) is 6.58. The predicted octanol–water partition coefficient (Wildman–Crippen LogP) is 2.84. The molecule has 21 heavy (non-hydrogen) atoms. The molecule has 1 aromatic carbocycles. The van der Waals surface area contributed by atoms with Crippen molar-refractivity contribution in [1.82, 2.24) is 4.98 Å². The number of hydrogen-bond donors (Lipinski definition) is 1. The number of nitrogens with one attached hydrogen (secondary N) is 1. The third-order valence-electron chi connectivity index (χ3n) is 3.87. The van der Waals surface area contributed by atoms with Crippen molar-refractivity contribution in [2.75, 3.05) is 36.5 Å². The Hall–Kier alpha value is -2.07. The highest BCUT2D eigenvalue weighted by Crippen LogP contribution is 2.26. The molecule has 110 valence electrons. The molecular weight excluding hydrogens is 262 g/mol. The van der Waals surface area contributed by atoms with Crippen molar-refractivity contribution >= 4 is 11.4 Å². The first-order valence-electron chi connectivity index (χ1n) is 7.39. The zero-order valence-corrected chi connectivity index (χ0v) is 12.4. The van der Waals surface area contributed by atoms with E-state index in [1.807, 2.05) is 18.5 Å². The van der Waals surface area contributed by atoms with Crippen LogP contribution >= 0.6 is 0 Å². The third kappa shape index (κ3) is 3.34. The second kappa shape index (κ2) is 6.59. The normalized spacial score (nSPS) is 15.0. The van der Waals surface area contributed by atoms with Crippen molar-refractivity contribution < 1.29 is 4.74 Å². The molecule has 0 unspecified atom stereocenters. The fraction of sp³-hybridized carbons (Fsp3) is 0.353. The molecule has 4 heteroatoms. The molecule has 0 radical (unpaired) electrons. The van der Waals surface area contributed by atoms with E-state index in [4.69, 9.17) is 4.74 Å². The van der Waals surface area contributed by atoms with Crippen molar-refractivity contribution in [2.24, 2.45) is 0 Å². The molecule has 3 rings (SSSR count). The highest BCUT2D eigenvalue weighted by atomic mass is 16.5. The van der Waals surface area contributed by atoms with Gasteiger partial charge in [0.25, 0.3) is 0 Å². The van der Waals surface area contributed by atoms with Crippen LogP contribution in [-0.2, 0) is 11.3 Å². The minimum atomic E-state index is 0.793. The van der Waals surface area contributed by atoms with Crippen LogP contribution in [-0.4, -0.2) is 31.3 Å². The minimum absolute atomic E-state index is 0.793. The van der Waals surface area contributed by atoms with Gasteiger partial charge < -0.3 is 15.0 Å². The summed E-state index contributed by atoms with van der Waals surface area (Å²) in [6.07, 6.45) is 3.76. The van der Waals surface area contributed by atoms with Crippen molar-refractivity contribution in [2.45, 2.75) is 13.5 Å². The van der Waals surface area contributed by atoms with Gasteiger partial charge in [-0.15, -0.1) is 0 Å². The van der Waals surface area contributed by atoms with E-state index in [2.05, 4.69) is 46.4 Å². The molecule has 0 aliphatic carbocycles. The molecule has 0 atom stereocenters. The van der Waals surface area contributed by atoms with Crippen molar-refractivity contribution in [3.8, 4) is 0 Å². The lowest BCUT2D eigenvalue weighted by atomic mass is 10.1. The SMILES string of the molecule is Cc1ccncc1CNc1ccccc1N1CCOCC1. The fourth-order valence-corrected chi connectivity index (χ4v) is 2.58. The third-order valence-corrected chi connectivity index (χ3v) is 3.87. The zero-order chi connectivity index (χ0) is 14.5. The number of para-hydroxylation sites is 2. The number of morpholine rings is 1. The number of aryl methyl sites for hydroxylation is 1. The van der Waals surface area contributed by atoms with Crippen molar-refractivity contribution in [1.29, 1.82) is 0 Å². The van der Waals surface area contributed by atoms with Gasteiger partial charge in [-0.1, -0.05) is 12.1 Å². The van der Waals surface area contributed by atoms with Gasteiger partial charge in [0.1, 0.15) is 0 Å². The molecule has 2 heterocycles. The van der Waals surface area contributed by atoms with Crippen molar-refractivity contribution in [3.63, 3.8) is 0 Å². The molecule has 0 bridgehead atoms. The summed E-state index contributed by atoms with van der Waals surface area (Å²) in [7, 11) is 0. The Balaban J connectivity index is 1.74. The number of aromatic nitrogens is 1. The fourth-order valence-electron chi connectivity index (χ4n) is 2.58. The van der Waals surface area contributed by atoms with Gasteiger partial charge >= 0.3 is 0 Å². The number of nitrogens with zero attached hydrogens (tertiary/aromatic N) is 2. The quantitative estimate of drug-likeness (QED) is 0.936. The molecule has 1 aliphatic heterocycles. The predicted molar refractivity (Wildman–Crippen MR) is 85.8 cm³/mol. The van der Waals surface area contributed by atoms with Gasteiger partial charge in [-0.05, 0) is 36.2 Å². The number of pyridine rings is 1. The maximum absolute atomic E-state index is 5.44. The summed E-state index contributed by atoms with van der Waals surface area (Å²) in [6, 6.07) is 10.5. The summed E-state index contributed by atoms with van der Waals surface area (Å²) < 4.78 is 5.44. The van der Waals surface area contributed by atoms with Gasteiger partial charge in [0, 0.05) is 32.0 Å². The first kappa shape index (κ1) is 13.9. The summed E-state index contributed by atoms with van der Waals surface area (Å²) in [5, 5.41) is 3.55. The van der Waals surface area contributed by atoms with Crippen molar-refractivity contribution in [3.05, 3.63) is 53.9 Å². The average Bonchev–Trinajstić information content (AvgIpc) is 2.55. The number of rotatable bonds is 4. The Bertz CT molecular complexity index is 594. The first-order valence-corrected chi connectivity index (χ1v) is 7.39. The number of anilines is 2. The maximum Gasteiger partial charge on any atom is 0.0642 e. The molecular formula is C17H21N3O. The molecule has 2 aromatic rings. The van der Waals surface area contributed by atoms with Crippen LogP contribution in [0.25, 0.3) is 0 Å². The second-order valence-electron chi connectivity index (χ2n) is 5.27. The molecule has 4 nitrogen and oxygen atoms in total. The van der Waals surface area contributed by atoms with E-state index in [9.17, 15) is 0 Å². The molecule has 1 aliphatic rings. The van der Waals surface area contributed by atoms with Crippen LogP contribution in [0.2, 0.25) is 0 Å². The van der Waals surface area contributed by atoms with E-state index in [-0.39, 0.29) is 0 Å². The molecule has 1 saturated heterocycles. The van der Waals surface area contributed by atoms with Crippen LogP contribution in [0.4, 0.5) is 11.4 Å². The zero-order valence-electron chi connectivity index (χ0n) is 12.4. The lowest BCUT2D eigenvalue weighted by molar-refractivity contribution is 0.123. The van der Waals surface area contributed by atoms with Crippen LogP contribution in [0, 0.1) is 6.92 Å². The molecule has 0 amide bonds. The van der Waals surface area contributed by atoms with Crippen LogP contribution in [0.3, 0.4) is 0 Å². The van der Waals surface area contributed by atoms with Gasteiger partial charge in [-0.3, -0.25) is 4.98 Å². The summed E-state index contributed by atoms with van der Waals surface area (Å²) in [5.74, 6) is 0. The van der Waals surface area contributed by atoms with Crippen LogP contribution in [0.1, 0.15) is 11.1 Å². The van der Waals surface area contributed by atoms with E-state index >= 15 is 0 Å². The molecule has 0 spiro atoms. The molecule has 1 aromatic heterocycles. The first-order chi connectivity index (χ1) is 10.3. The van der Waals surface area contributed by atoms with Gasteiger partial charge in [0.2, 0.25) is 0 Å². The summed E-state index contributed by atoms with van der Waals surface area (Å²) in [5.41, 5.74) is 4.92. The second-order valence-corrected chi connectivity index (χ2v) is 5.27. The molecule has 0 saturated carbocycles. The van der Waals surface area contributed by atoms with E-state index in [0.717, 1.165) is 32.8 Å². The van der Waals surface area contributed by atoms with Gasteiger partial charge in [-0.25, -0.2) is 0 Å². The Kier molecular flexibility index (Phi) is 4.36. The van der Waals surface area contributed by atoms with Gasteiger partial charge in [0.05, 0.1) is 24.6 Å². The van der Waals surface area contributed by atoms with E-state index in [1.165, 1.54) is 22.5 Å². The summed E-state index contributed by atoms with van der Waals surface area (Å²) >= 11 is 0. The number of ether oxygens (including phenoxy) is 1. The summed E-state index contributed by atoms with van der Waals surface area (Å²) in [6.45, 7) is 6.41. The Morgan fingerprint density at radius 1 is 1.19 bits per heavy atom. The van der Waals surface area contributed by atoms with E-state index < -0.39 is 0 Å². The van der Waals surface area contributed by atoms with Crippen LogP contribution < -0.4 is 10.2 Å². The Morgan fingerprint density at radius 2 is 2.00 bits per heavy atom. The minimum Gasteiger partial charge on any atom is -0.379 e. The van der Waals surface area contributed by atoms with Gasteiger partial charge in [-0.2, -0.15) is 0 Å². The standard InChI is InChI=1S/C17H21N3O/c1-14-6-7-18-12-15(14)13-19-16-4-2-3-5-17(16)20-8-10-21-11-9-20/h2-7,12,19H,8-11,13H2,1H3. The Labute approximate surface area is 125 Å². The van der Waals surface area contributed by atoms with Crippen LogP contribution in [0.15, 0.2) is 42.7 Å². The monoisotopic (exact) mass is 283 g/mol. The molecule has 1 N–H and O–H groups in total. The topological polar surface area (TPSA) is 37.4 Å². The smallest absolute Gasteiger partial charge is 0.0642 e. The maximum atomic E-state index is 5.44. The van der Waals surface area contributed by atoms with Gasteiger partial charge in [0.15, 0.2) is 0 Å². The lowest BCUT2D eigenvalue weighted by Crippen LogP contribution is -2.36. The van der Waals surface area contributed by atoms with E-state index in [0.29, 0.717) is 0 Å². The highest BCUT2D eigenvalue weighted by molar-refractivity contribution is 5.70. The Morgan fingerprint density at radius 3 is 2.81 bits per heavy atom.